The molecule has 0 saturated carbocycles. The summed E-state index contributed by atoms with van der Waals surface area (Å²) in [5.41, 5.74) is 5.32. The predicted octanol–water partition coefficient (Wildman–Crippen LogP) is -1.17. The molecule has 1 aliphatic heterocycles. The van der Waals surface area contributed by atoms with Crippen molar-refractivity contribution in [2.45, 2.75) is 25.1 Å². The molecule has 0 aliphatic carbocycles. The van der Waals surface area contributed by atoms with E-state index >= 15 is 0 Å². The average Bonchev–Trinajstić information content (AvgIpc) is 2.37. The largest absolute Gasteiger partial charge is 0.392 e. The number of morpholine rings is 1. The smallest absolute Gasteiger partial charge is 0.240 e. The summed E-state index contributed by atoms with van der Waals surface area (Å²) < 4.78 is 31.2. The molecule has 2 atom stereocenters. The van der Waals surface area contributed by atoms with Crippen LogP contribution in [0.2, 0.25) is 0 Å². The van der Waals surface area contributed by atoms with E-state index in [9.17, 15) is 13.2 Å². The van der Waals surface area contributed by atoms with Crippen LogP contribution in [-0.2, 0) is 19.6 Å². The summed E-state index contributed by atoms with van der Waals surface area (Å²) in [4.78, 5) is 13.5. The van der Waals surface area contributed by atoms with E-state index in [2.05, 4.69) is 16.9 Å². The predicted molar refractivity (Wildman–Crippen MR) is 75.2 cm³/mol. The van der Waals surface area contributed by atoms with Crippen LogP contribution in [0.25, 0.3) is 0 Å². The zero-order valence-electron chi connectivity index (χ0n) is 11.0. The number of carbonyl (C=O) groups is 1. The lowest BCUT2D eigenvalue weighted by Crippen LogP contribution is -2.52. The summed E-state index contributed by atoms with van der Waals surface area (Å²) in [6.07, 6.45) is 0. The average molecular weight is 309 g/mol. The van der Waals surface area contributed by atoms with E-state index < -0.39 is 21.3 Å². The summed E-state index contributed by atoms with van der Waals surface area (Å²) >= 11 is 4.66. The van der Waals surface area contributed by atoms with E-state index in [1.807, 2.05) is 0 Å². The van der Waals surface area contributed by atoms with Crippen molar-refractivity contribution in [2.24, 2.45) is 5.73 Å². The third kappa shape index (κ3) is 4.37. The molecule has 1 fully saturated rings. The lowest BCUT2D eigenvalue weighted by atomic mass is 10.3. The summed E-state index contributed by atoms with van der Waals surface area (Å²) in [6, 6.07) is -0.847. The molecule has 2 unspecified atom stereocenters. The maximum atomic E-state index is 12.0. The minimum absolute atomic E-state index is 0.126. The lowest BCUT2D eigenvalue weighted by molar-refractivity contribution is -0.136. The second-order valence-corrected chi connectivity index (χ2v) is 6.87. The number of nitrogens with two attached hydrogens (primary N) is 1. The molecule has 1 heterocycles. The van der Waals surface area contributed by atoms with Crippen LogP contribution in [0, 0.1) is 0 Å². The van der Waals surface area contributed by atoms with Crippen molar-refractivity contribution < 1.29 is 17.9 Å². The van der Waals surface area contributed by atoms with Gasteiger partial charge in [-0.3, -0.25) is 4.79 Å². The van der Waals surface area contributed by atoms with Crippen LogP contribution in [0.15, 0.2) is 0 Å². The van der Waals surface area contributed by atoms with Gasteiger partial charge in [0, 0.05) is 13.1 Å². The molecule has 19 heavy (non-hydrogen) atoms. The Balaban J connectivity index is 2.65. The van der Waals surface area contributed by atoms with Crippen molar-refractivity contribution in [1.82, 2.24) is 9.62 Å². The summed E-state index contributed by atoms with van der Waals surface area (Å²) in [7, 11) is -3.74. The van der Waals surface area contributed by atoms with Crippen molar-refractivity contribution in [2.75, 3.05) is 26.3 Å². The van der Waals surface area contributed by atoms with Crippen molar-refractivity contribution in [3.05, 3.63) is 0 Å². The third-order valence-corrected chi connectivity index (χ3v) is 5.27. The van der Waals surface area contributed by atoms with Gasteiger partial charge in [0.05, 0.1) is 24.2 Å². The number of ether oxygens (including phenoxy) is 1. The first-order chi connectivity index (χ1) is 8.75. The fraction of sp³-hybridized carbons (Fsp3) is 0.800. The highest BCUT2D eigenvalue weighted by Gasteiger charge is 2.30. The zero-order valence-corrected chi connectivity index (χ0v) is 12.6. The van der Waals surface area contributed by atoms with Gasteiger partial charge in [0.25, 0.3) is 0 Å². The lowest BCUT2D eigenvalue weighted by Gasteiger charge is -2.29. The van der Waals surface area contributed by atoms with Crippen molar-refractivity contribution in [3.8, 4) is 0 Å². The van der Waals surface area contributed by atoms with Crippen molar-refractivity contribution in [3.63, 3.8) is 0 Å². The highest BCUT2D eigenvalue weighted by molar-refractivity contribution is 7.93. The van der Waals surface area contributed by atoms with E-state index in [0.29, 0.717) is 26.3 Å². The quantitative estimate of drug-likeness (QED) is 0.620. The number of rotatable bonds is 5. The molecule has 1 amide bonds. The molecule has 1 saturated heterocycles. The van der Waals surface area contributed by atoms with Gasteiger partial charge in [0.1, 0.15) is 5.25 Å². The number of hydrogen-bond acceptors (Lipinski definition) is 5. The molecular weight excluding hydrogens is 290 g/mol. The van der Waals surface area contributed by atoms with Crippen LogP contribution < -0.4 is 10.5 Å². The molecule has 110 valence electrons. The van der Waals surface area contributed by atoms with Gasteiger partial charge in [-0.25, -0.2) is 13.1 Å². The Hall–Kier alpha value is -0.770. The standard InChI is InChI=1S/C10H19N3O4S2/c1-7(10(14)13-3-5-17-6-4-13)12-19(15,16)8(2)9(11)18/h7-8,12H,3-6H2,1-2H3,(H2,11,18). The summed E-state index contributed by atoms with van der Waals surface area (Å²) in [6.45, 7) is 4.76. The number of nitrogens with zero attached hydrogens (tertiary/aromatic N) is 1. The molecule has 0 aromatic carbocycles. The van der Waals surface area contributed by atoms with E-state index in [-0.39, 0.29) is 10.9 Å². The maximum Gasteiger partial charge on any atom is 0.240 e. The van der Waals surface area contributed by atoms with Crippen LogP contribution in [0.4, 0.5) is 0 Å². The highest BCUT2D eigenvalue weighted by Crippen LogP contribution is 2.05. The molecule has 0 radical (unpaired) electrons. The van der Waals surface area contributed by atoms with Crippen LogP contribution >= 0.6 is 12.2 Å². The Bertz CT molecular complexity index is 446. The minimum Gasteiger partial charge on any atom is -0.392 e. The molecule has 0 aromatic rings. The Morgan fingerprint density at radius 1 is 1.37 bits per heavy atom. The SMILES string of the molecule is CC(NS(=O)(=O)C(C)C(N)=S)C(=O)N1CCOCC1. The molecule has 9 heteroatoms. The van der Waals surface area contributed by atoms with Crippen LogP contribution in [-0.4, -0.2) is 61.8 Å². The zero-order chi connectivity index (χ0) is 14.6. The first-order valence-electron chi connectivity index (χ1n) is 5.92. The molecule has 7 nitrogen and oxygen atoms in total. The first kappa shape index (κ1) is 16.3. The van der Waals surface area contributed by atoms with Crippen LogP contribution in [0.3, 0.4) is 0 Å². The van der Waals surface area contributed by atoms with Crippen molar-refractivity contribution in [1.29, 1.82) is 0 Å². The summed E-state index contributed by atoms with van der Waals surface area (Å²) in [5.74, 6) is -0.276. The third-order valence-electron chi connectivity index (χ3n) is 2.90. The highest BCUT2D eigenvalue weighted by atomic mass is 32.2. The molecular formula is C10H19N3O4S2. The molecule has 1 aliphatic rings. The van der Waals surface area contributed by atoms with Crippen LogP contribution in [0.1, 0.15) is 13.8 Å². The molecule has 0 spiro atoms. The van der Waals surface area contributed by atoms with E-state index in [1.54, 1.807) is 4.90 Å². The Kier molecular flexibility index (Phi) is 5.65. The van der Waals surface area contributed by atoms with Gasteiger partial charge in [-0.1, -0.05) is 12.2 Å². The number of sulfonamides is 1. The number of hydrogen-bond donors (Lipinski definition) is 2. The van der Waals surface area contributed by atoms with Gasteiger partial charge in [-0.15, -0.1) is 0 Å². The Labute approximate surface area is 118 Å². The van der Waals surface area contributed by atoms with Gasteiger partial charge >= 0.3 is 0 Å². The number of carbonyl (C=O) groups excluding carboxylic acids is 1. The van der Waals surface area contributed by atoms with Gasteiger partial charge in [-0.05, 0) is 13.8 Å². The number of thiocarbonyl (C=S) groups is 1. The fourth-order valence-electron chi connectivity index (χ4n) is 1.61. The van der Waals surface area contributed by atoms with Gasteiger partial charge in [-0.2, -0.15) is 0 Å². The second kappa shape index (κ2) is 6.60. The molecule has 0 aromatic heterocycles. The van der Waals surface area contributed by atoms with Gasteiger partial charge in [0.2, 0.25) is 15.9 Å². The Morgan fingerprint density at radius 3 is 2.37 bits per heavy atom. The first-order valence-corrected chi connectivity index (χ1v) is 7.88. The minimum atomic E-state index is -3.74. The van der Waals surface area contributed by atoms with E-state index in [1.165, 1.54) is 13.8 Å². The van der Waals surface area contributed by atoms with Crippen molar-refractivity contribution >= 4 is 33.1 Å². The normalized spacial score (nSPS) is 19.8. The number of amides is 1. The maximum absolute atomic E-state index is 12.0. The second-order valence-electron chi connectivity index (χ2n) is 4.37. The van der Waals surface area contributed by atoms with Crippen LogP contribution in [0.5, 0.6) is 0 Å². The van der Waals surface area contributed by atoms with E-state index in [0.717, 1.165) is 0 Å². The molecule has 3 N–H and O–H groups in total. The summed E-state index contributed by atoms with van der Waals surface area (Å²) in [5, 5.41) is -1.01. The van der Waals surface area contributed by atoms with Gasteiger partial charge < -0.3 is 15.4 Å². The monoisotopic (exact) mass is 309 g/mol. The number of nitrogens with one attached hydrogen (secondary N) is 1. The topological polar surface area (TPSA) is 102 Å². The molecule has 0 bridgehead atoms. The Morgan fingerprint density at radius 2 is 1.89 bits per heavy atom. The van der Waals surface area contributed by atoms with E-state index in [4.69, 9.17) is 10.5 Å². The molecule has 1 rings (SSSR count). The fourth-order valence-corrected chi connectivity index (χ4v) is 3.09. The van der Waals surface area contributed by atoms with Gasteiger partial charge in [0.15, 0.2) is 0 Å².